The van der Waals surface area contributed by atoms with Crippen molar-refractivity contribution in [2.45, 2.75) is 71.5 Å². The van der Waals surface area contributed by atoms with E-state index >= 15 is 0 Å². The van der Waals surface area contributed by atoms with Crippen molar-refractivity contribution in [1.29, 1.82) is 0 Å². The molecular formula is C35H49N7O7. The number of fused-ring (bicyclic) bond motifs is 1. The Morgan fingerprint density at radius 1 is 0.918 bits per heavy atom. The molecule has 2 atom stereocenters. The van der Waals surface area contributed by atoms with Gasteiger partial charge in [0.05, 0.1) is 12.6 Å². The lowest BCUT2D eigenvalue weighted by atomic mass is 10.0. The summed E-state index contributed by atoms with van der Waals surface area (Å²) in [7, 11) is 1.55. The Balaban J connectivity index is 1.80. The molecule has 3 rings (SSSR count). The van der Waals surface area contributed by atoms with Crippen molar-refractivity contribution in [2.24, 2.45) is 0 Å². The molecule has 14 heteroatoms. The van der Waals surface area contributed by atoms with E-state index in [1.165, 1.54) is 5.01 Å². The first-order chi connectivity index (χ1) is 23.6. The van der Waals surface area contributed by atoms with Gasteiger partial charge in [-0.2, -0.15) is 0 Å². The van der Waals surface area contributed by atoms with Crippen molar-refractivity contribution in [3.8, 4) is 0 Å². The van der Waals surface area contributed by atoms with Gasteiger partial charge in [0, 0.05) is 52.3 Å². The fourth-order valence-corrected chi connectivity index (χ4v) is 5.36. The zero-order valence-electron chi connectivity index (χ0n) is 28.7. The van der Waals surface area contributed by atoms with Crippen molar-refractivity contribution < 1.29 is 33.8 Å². The second-order valence-electron chi connectivity index (χ2n) is 11.5. The predicted octanol–water partition coefficient (Wildman–Crippen LogP) is 3.62. The highest BCUT2D eigenvalue weighted by molar-refractivity contribution is 5.90. The largest absolute Gasteiger partial charge is 0.465 e. The third-order valence-electron chi connectivity index (χ3n) is 7.76. The number of hydrogen-bond acceptors (Lipinski definition) is 8. The number of unbranched alkanes of at least 4 members (excludes halogenated alkanes) is 1. The highest BCUT2D eigenvalue weighted by Gasteiger charge is 2.34. The number of amides is 5. The number of hydrazine groups is 1. The first-order valence-corrected chi connectivity index (χ1v) is 16.5. The maximum Gasteiger partial charge on any atom is 0.404 e. The van der Waals surface area contributed by atoms with Crippen LogP contribution in [-0.4, -0.2) is 95.7 Å². The lowest BCUT2D eigenvalue weighted by molar-refractivity contribution is -0.179. The van der Waals surface area contributed by atoms with Crippen molar-refractivity contribution >= 4 is 34.7 Å². The van der Waals surface area contributed by atoms with Crippen LogP contribution in [0.3, 0.4) is 0 Å². The summed E-state index contributed by atoms with van der Waals surface area (Å²) in [6.45, 7) is 6.79. The number of benzene rings is 2. The van der Waals surface area contributed by atoms with E-state index in [9.17, 15) is 19.2 Å². The van der Waals surface area contributed by atoms with Crippen LogP contribution in [0.15, 0.2) is 67.0 Å². The molecule has 5 amide bonds. The molecule has 1 aromatic heterocycles. The van der Waals surface area contributed by atoms with Gasteiger partial charge in [-0.3, -0.25) is 20.0 Å². The van der Waals surface area contributed by atoms with Gasteiger partial charge in [-0.15, -0.1) is 0 Å². The van der Waals surface area contributed by atoms with Crippen molar-refractivity contribution in [3.05, 3.63) is 78.1 Å². The SMILES string of the molecule is CCOC(OCC)C(C)N(Cc1cccc2ccccc12)C(=O)C(CCCCNC(=O)O)NC(=O)CN(C)NC(=O)NCc1ccncc1. The minimum Gasteiger partial charge on any atom is -0.465 e. The standard InChI is InChI=1S/C35H49N7O7/c1-5-48-33(49-6-2)25(3)42(23-28-14-11-13-27-12-7-8-15-29(27)28)32(44)30(16-9-10-19-37-35(46)47)39-31(43)24-41(4)40-34(45)38-22-26-17-20-36-21-18-26/h7-8,11-15,17-18,20-21,25,30,33,37H,5-6,9-10,16,19,22-24H2,1-4H3,(H,39,43)(H,46,47)(H2,38,40,45). The van der Waals surface area contributed by atoms with Crippen LogP contribution in [-0.2, 0) is 32.2 Å². The van der Waals surface area contributed by atoms with Crippen LogP contribution < -0.4 is 21.4 Å². The number of hydrogen-bond donors (Lipinski definition) is 5. The zero-order valence-corrected chi connectivity index (χ0v) is 28.7. The smallest absolute Gasteiger partial charge is 0.404 e. The molecule has 0 aliphatic rings. The molecule has 5 N–H and O–H groups in total. The topological polar surface area (TPSA) is 174 Å². The highest BCUT2D eigenvalue weighted by Crippen LogP contribution is 2.23. The maximum absolute atomic E-state index is 14.5. The molecule has 2 aromatic carbocycles. The monoisotopic (exact) mass is 679 g/mol. The third-order valence-corrected chi connectivity index (χ3v) is 7.76. The normalized spacial score (nSPS) is 12.4. The molecule has 0 aliphatic heterocycles. The Kier molecular flexibility index (Phi) is 16.2. The second-order valence-corrected chi connectivity index (χ2v) is 11.5. The van der Waals surface area contributed by atoms with Crippen molar-refractivity contribution in [3.63, 3.8) is 0 Å². The van der Waals surface area contributed by atoms with E-state index in [1.54, 1.807) is 36.5 Å². The van der Waals surface area contributed by atoms with E-state index in [-0.39, 0.29) is 38.5 Å². The van der Waals surface area contributed by atoms with Crippen LogP contribution in [0.2, 0.25) is 0 Å². The van der Waals surface area contributed by atoms with Gasteiger partial charge in [-0.1, -0.05) is 42.5 Å². The molecule has 0 saturated heterocycles. The van der Waals surface area contributed by atoms with E-state index in [1.807, 2.05) is 63.2 Å². The first kappa shape index (κ1) is 38.7. The summed E-state index contributed by atoms with van der Waals surface area (Å²) in [5.41, 5.74) is 4.39. The van der Waals surface area contributed by atoms with Crippen LogP contribution in [0, 0.1) is 0 Å². The number of ether oxygens (including phenoxy) is 2. The number of carboxylic acid groups (broad SMARTS) is 1. The van der Waals surface area contributed by atoms with Gasteiger partial charge in [-0.25, -0.2) is 14.6 Å². The minimum atomic E-state index is -1.13. The third kappa shape index (κ3) is 13.0. The van der Waals surface area contributed by atoms with Crippen LogP contribution >= 0.6 is 0 Å². The second kappa shape index (κ2) is 20.5. The summed E-state index contributed by atoms with van der Waals surface area (Å²) >= 11 is 0. The molecule has 2 unspecified atom stereocenters. The lowest BCUT2D eigenvalue weighted by Crippen LogP contribution is -2.56. The van der Waals surface area contributed by atoms with Gasteiger partial charge in [-0.05, 0) is 74.1 Å². The van der Waals surface area contributed by atoms with Gasteiger partial charge >= 0.3 is 12.1 Å². The highest BCUT2D eigenvalue weighted by atomic mass is 16.7. The van der Waals surface area contributed by atoms with Crippen LogP contribution in [0.5, 0.6) is 0 Å². The molecule has 0 radical (unpaired) electrons. The van der Waals surface area contributed by atoms with Crippen LogP contribution in [0.25, 0.3) is 10.8 Å². The number of aromatic nitrogens is 1. The fraction of sp³-hybridized carbons (Fsp3) is 0.457. The number of likely N-dealkylation sites (N-methyl/N-ethyl adjacent to an activating group) is 1. The Morgan fingerprint density at radius 2 is 1.61 bits per heavy atom. The van der Waals surface area contributed by atoms with Gasteiger partial charge in [0.15, 0.2) is 6.29 Å². The quantitative estimate of drug-likeness (QED) is 0.0679. The summed E-state index contributed by atoms with van der Waals surface area (Å²) in [5, 5.41) is 20.2. The minimum absolute atomic E-state index is 0.207. The molecule has 266 valence electrons. The Bertz CT molecular complexity index is 1480. The average molecular weight is 680 g/mol. The fourth-order valence-electron chi connectivity index (χ4n) is 5.36. The number of nitrogens with one attached hydrogen (secondary N) is 4. The molecule has 0 saturated carbocycles. The summed E-state index contributed by atoms with van der Waals surface area (Å²) in [5.74, 6) is -0.821. The molecule has 14 nitrogen and oxygen atoms in total. The molecule has 1 heterocycles. The molecule has 0 aliphatic carbocycles. The molecule has 0 spiro atoms. The number of carbonyl (C=O) groups excluding carboxylic acids is 3. The summed E-state index contributed by atoms with van der Waals surface area (Å²) in [4.78, 5) is 56.9. The average Bonchev–Trinajstić information content (AvgIpc) is 3.08. The molecular weight excluding hydrogens is 630 g/mol. The van der Waals surface area contributed by atoms with Crippen molar-refractivity contribution in [1.82, 2.24) is 36.3 Å². The van der Waals surface area contributed by atoms with E-state index in [2.05, 4.69) is 26.4 Å². The Morgan fingerprint density at radius 3 is 2.31 bits per heavy atom. The summed E-state index contributed by atoms with van der Waals surface area (Å²) in [6.07, 6.45) is 2.58. The van der Waals surface area contributed by atoms with E-state index in [4.69, 9.17) is 14.6 Å². The van der Waals surface area contributed by atoms with Crippen LogP contribution in [0.1, 0.15) is 51.2 Å². The zero-order chi connectivity index (χ0) is 35.6. The van der Waals surface area contributed by atoms with E-state index < -0.39 is 36.4 Å². The Hall–Kier alpha value is -4.79. The van der Waals surface area contributed by atoms with Crippen molar-refractivity contribution in [2.75, 3.05) is 33.4 Å². The maximum atomic E-state index is 14.5. The molecule has 0 fully saturated rings. The summed E-state index contributed by atoms with van der Waals surface area (Å²) < 4.78 is 11.8. The first-order valence-electron chi connectivity index (χ1n) is 16.5. The Labute approximate surface area is 287 Å². The molecule has 49 heavy (non-hydrogen) atoms. The molecule has 0 bridgehead atoms. The van der Waals surface area contributed by atoms with Gasteiger partial charge in [0.2, 0.25) is 11.8 Å². The molecule has 3 aromatic rings. The van der Waals surface area contributed by atoms with E-state index in [0.717, 1.165) is 21.9 Å². The summed E-state index contributed by atoms with van der Waals surface area (Å²) in [6, 6.07) is 15.4. The van der Waals surface area contributed by atoms with Gasteiger partial charge < -0.3 is 35.4 Å². The number of urea groups is 1. The number of carbonyl (C=O) groups is 4. The number of rotatable bonds is 20. The van der Waals surface area contributed by atoms with Gasteiger partial charge in [0.25, 0.3) is 0 Å². The lowest BCUT2D eigenvalue weighted by Gasteiger charge is -2.37. The van der Waals surface area contributed by atoms with Gasteiger partial charge in [0.1, 0.15) is 6.04 Å². The van der Waals surface area contributed by atoms with Crippen LogP contribution in [0.4, 0.5) is 9.59 Å². The van der Waals surface area contributed by atoms with E-state index in [0.29, 0.717) is 26.1 Å². The predicted molar refractivity (Wildman–Crippen MR) is 185 cm³/mol. The number of pyridine rings is 1. The number of nitrogens with zero attached hydrogens (tertiary/aromatic N) is 3.